The van der Waals surface area contributed by atoms with Gasteiger partial charge in [0, 0.05) is 29.0 Å². The van der Waals surface area contributed by atoms with Gasteiger partial charge in [0.1, 0.15) is 24.0 Å². The molecule has 2 aromatic heterocycles. The second-order valence-electron chi connectivity index (χ2n) is 10.3. The first-order chi connectivity index (χ1) is 21.6. The summed E-state index contributed by atoms with van der Waals surface area (Å²) >= 11 is 1.33. The third-order valence-corrected chi connectivity index (χ3v) is 8.48. The number of imidazole rings is 1. The maximum atomic E-state index is 12.2. The van der Waals surface area contributed by atoms with Crippen molar-refractivity contribution in [2.24, 2.45) is 11.5 Å². The highest BCUT2D eigenvalue weighted by Gasteiger charge is 2.46. The molecule has 0 aliphatic carbocycles. The molecule has 0 saturated carbocycles. The van der Waals surface area contributed by atoms with Crippen LogP contribution in [0.15, 0.2) is 78.0 Å². The van der Waals surface area contributed by atoms with Crippen molar-refractivity contribution in [3.63, 3.8) is 0 Å². The van der Waals surface area contributed by atoms with Gasteiger partial charge in [-0.3, -0.25) is 19.7 Å². The molecule has 1 saturated heterocycles. The van der Waals surface area contributed by atoms with Gasteiger partial charge in [0.2, 0.25) is 5.91 Å². The van der Waals surface area contributed by atoms with Crippen molar-refractivity contribution in [1.82, 2.24) is 24.5 Å². The van der Waals surface area contributed by atoms with E-state index in [0.29, 0.717) is 27.5 Å². The number of rotatable bonds is 10. The molecule has 6 N–H and O–H groups in total. The van der Waals surface area contributed by atoms with E-state index in [1.807, 2.05) is 0 Å². The Balaban J connectivity index is 1.32. The lowest BCUT2D eigenvalue weighted by molar-refractivity contribution is -0.384. The topological polar surface area (TPSA) is 228 Å². The zero-order chi connectivity index (χ0) is 31.8. The van der Waals surface area contributed by atoms with E-state index in [2.05, 4.69) is 15.3 Å². The Hall–Kier alpha value is -5.16. The molecule has 1 aliphatic rings. The van der Waals surface area contributed by atoms with Gasteiger partial charge in [0.05, 0.1) is 22.5 Å². The number of fused-ring (bicyclic) bond motifs is 1. The fourth-order valence-corrected chi connectivity index (χ4v) is 6.15. The number of aliphatic hydroxyl groups excluding tert-OH is 2. The number of amides is 2. The van der Waals surface area contributed by atoms with E-state index < -0.39 is 41.3 Å². The van der Waals surface area contributed by atoms with Crippen LogP contribution in [0.4, 0.5) is 5.69 Å². The summed E-state index contributed by atoms with van der Waals surface area (Å²) in [6, 6.07) is 19.7. The lowest BCUT2D eigenvalue weighted by atomic mass is 10.1. The van der Waals surface area contributed by atoms with Crippen molar-refractivity contribution < 1.29 is 29.5 Å². The average Bonchev–Trinajstić information content (AvgIpc) is 3.71. The van der Waals surface area contributed by atoms with Gasteiger partial charge in [-0.15, -0.1) is 5.10 Å². The number of ether oxygens (including phenoxy) is 1. The van der Waals surface area contributed by atoms with E-state index in [1.54, 1.807) is 65.2 Å². The maximum absolute atomic E-state index is 12.2. The van der Waals surface area contributed by atoms with Crippen LogP contribution in [-0.2, 0) is 17.0 Å². The Kier molecular flexibility index (Phi) is 8.03. The molecule has 1 fully saturated rings. The molecule has 2 amide bonds. The number of hydrogen-bond acceptors (Lipinski definition) is 11. The quantitative estimate of drug-likeness (QED) is 0.0991. The first-order valence-electron chi connectivity index (χ1n) is 13.6. The number of carbonyl (C=O) groups is 2. The molecule has 5 aromatic rings. The number of thioether (sulfide) groups is 1. The fraction of sp³-hybridized carbons (Fsp3) is 0.207. The summed E-state index contributed by atoms with van der Waals surface area (Å²) in [5.74, 6) is -1.04. The second kappa shape index (κ2) is 12.1. The lowest BCUT2D eigenvalue weighted by Crippen LogP contribution is -2.34. The first-order valence-corrected chi connectivity index (χ1v) is 14.6. The molecule has 3 heterocycles. The molecule has 0 bridgehead atoms. The van der Waals surface area contributed by atoms with Crippen LogP contribution in [0.2, 0.25) is 0 Å². The predicted octanol–water partition coefficient (Wildman–Crippen LogP) is 2.01. The highest BCUT2D eigenvalue weighted by molar-refractivity contribution is 7.98. The van der Waals surface area contributed by atoms with Crippen LogP contribution in [0.1, 0.15) is 32.6 Å². The number of nitro groups is 1. The SMILES string of the molecule is NC(=O)c1ccc2c(c1)nc(SCc1ccc([N+](=O)[O-])cc1)n2CC1O[C@@H](n2nnc(C(N)=O)c2-c2ccccc2)[C@H](O)[C@@H]1O. The first kappa shape index (κ1) is 29.9. The molecular formula is C29H26N8O7S. The minimum Gasteiger partial charge on any atom is -0.387 e. The van der Waals surface area contributed by atoms with Gasteiger partial charge in [-0.05, 0) is 23.8 Å². The van der Waals surface area contributed by atoms with Crippen molar-refractivity contribution in [2.45, 2.75) is 42.0 Å². The molecule has 1 unspecified atom stereocenters. The highest BCUT2D eigenvalue weighted by Crippen LogP contribution is 2.36. The van der Waals surface area contributed by atoms with Gasteiger partial charge in [0.25, 0.3) is 11.6 Å². The van der Waals surface area contributed by atoms with Gasteiger partial charge in [-0.1, -0.05) is 59.4 Å². The number of nitro benzene ring substituents is 1. The monoisotopic (exact) mass is 630 g/mol. The van der Waals surface area contributed by atoms with E-state index in [1.165, 1.54) is 28.6 Å². The number of primary amides is 2. The number of benzene rings is 3. The summed E-state index contributed by atoms with van der Waals surface area (Å²) in [4.78, 5) is 39.3. The minimum absolute atomic E-state index is 0.0267. The molecule has 16 heteroatoms. The third-order valence-electron chi connectivity index (χ3n) is 7.43. The molecule has 1 aliphatic heterocycles. The fourth-order valence-electron chi connectivity index (χ4n) is 5.17. The lowest BCUT2D eigenvalue weighted by Gasteiger charge is -2.18. The molecule has 6 rings (SSSR count). The number of aliphatic hydroxyl groups is 2. The molecule has 15 nitrogen and oxygen atoms in total. The van der Waals surface area contributed by atoms with E-state index in [4.69, 9.17) is 16.2 Å². The molecule has 230 valence electrons. The second-order valence-corrected chi connectivity index (χ2v) is 11.2. The van der Waals surface area contributed by atoms with E-state index in [-0.39, 0.29) is 29.2 Å². The van der Waals surface area contributed by atoms with Gasteiger partial charge in [-0.25, -0.2) is 9.67 Å². The van der Waals surface area contributed by atoms with Crippen LogP contribution in [0.25, 0.3) is 22.3 Å². The number of nitrogens with zero attached hydrogens (tertiary/aromatic N) is 6. The van der Waals surface area contributed by atoms with Crippen LogP contribution < -0.4 is 11.5 Å². The Morgan fingerprint density at radius 3 is 2.40 bits per heavy atom. The summed E-state index contributed by atoms with van der Waals surface area (Å²) in [5, 5.41) is 41.7. The summed E-state index contributed by atoms with van der Waals surface area (Å²) in [5.41, 5.74) is 13.8. The molecule has 45 heavy (non-hydrogen) atoms. The zero-order valence-electron chi connectivity index (χ0n) is 23.3. The van der Waals surface area contributed by atoms with Crippen LogP contribution >= 0.6 is 11.8 Å². The van der Waals surface area contributed by atoms with Crippen molar-refractivity contribution >= 4 is 40.3 Å². The Labute approximate surface area is 258 Å². The standard InChI is InChI=1S/C29H26N8O7S/c30-26(40)17-8-11-20-19(12-17)32-29(45-14-15-6-9-18(10-7-15)37(42)43)35(20)13-21-24(38)25(39)28(44-21)36-23(16-4-2-1-3-5-16)22(27(31)41)33-34-36/h1-12,21,24-25,28,38-39H,13-14H2,(H2,30,40)(H2,31,41)/t21?,24-,25-,28-/m1/s1. The average molecular weight is 631 g/mol. The number of aromatic nitrogens is 5. The van der Waals surface area contributed by atoms with Crippen molar-refractivity contribution in [2.75, 3.05) is 0 Å². The third kappa shape index (κ3) is 5.74. The molecule has 3 aromatic carbocycles. The van der Waals surface area contributed by atoms with Crippen molar-refractivity contribution in [3.05, 3.63) is 99.7 Å². The zero-order valence-corrected chi connectivity index (χ0v) is 24.2. The molecule has 0 radical (unpaired) electrons. The van der Waals surface area contributed by atoms with Crippen molar-refractivity contribution in [3.8, 4) is 11.3 Å². The van der Waals surface area contributed by atoms with Gasteiger partial charge in [0.15, 0.2) is 17.1 Å². The highest BCUT2D eigenvalue weighted by atomic mass is 32.2. The van der Waals surface area contributed by atoms with Gasteiger partial charge < -0.3 is 31.0 Å². The van der Waals surface area contributed by atoms with E-state index in [0.717, 1.165) is 5.56 Å². The smallest absolute Gasteiger partial charge is 0.271 e. The Morgan fingerprint density at radius 2 is 1.73 bits per heavy atom. The summed E-state index contributed by atoms with van der Waals surface area (Å²) in [6.07, 6.45) is -5.02. The largest absolute Gasteiger partial charge is 0.387 e. The Bertz CT molecular complexity index is 1910. The summed E-state index contributed by atoms with van der Waals surface area (Å²) < 4.78 is 9.20. The van der Waals surface area contributed by atoms with Crippen LogP contribution in [0.5, 0.6) is 0 Å². The number of nitrogens with two attached hydrogens (primary N) is 2. The van der Waals surface area contributed by atoms with Crippen LogP contribution in [-0.4, -0.2) is 69.8 Å². The number of non-ortho nitro benzene ring substituents is 1. The molecular weight excluding hydrogens is 604 g/mol. The predicted molar refractivity (Wildman–Crippen MR) is 161 cm³/mol. The van der Waals surface area contributed by atoms with Crippen LogP contribution in [0.3, 0.4) is 0 Å². The van der Waals surface area contributed by atoms with E-state index >= 15 is 0 Å². The molecule has 4 atom stereocenters. The molecule has 0 spiro atoms. The van der Waals surface area contributed by atoms with Crippen LogP contribution in [0, 0.1) is 10.1 Å². The Morgan fingerprint density at radius 1 is 1.00 bits per heavy atom. The maximum Gasteiger partial charge on any atom is 0.271 e. The minimum atomic E-state index is -1.45. The van der Waals surface area contributed by atoms with Crippen molar-refractivity contribution in [1.29, 1.82) is 0 Å². The van der Waals surface area contributed by atoms with Gasteiger partial charge in [-0.2, -0.15) is 0 Å². The summed E-state index contributed by atoms with van der Waals surface area (Å²) in [7, 11) is 0. The number of hydrogen-bond donors (Lipinski definition) is 4. The summed E-state index contributed by atoms with van der Waals surface area (Å²) in [6.45, 7) is 0.0295. The number of carbonyl (C=O) groups excluding carboxylic acids is 2. The van der Waals surface area contributed by atoms with E-state index in [9.17, 15) is 29.9 Å². The normalized spacial score (nSPS) is 19.6. The van der Waals surface area contributed by atoms with Gasteiger partial charge >= 0.3 is 0 Å².